The molecule has 1 atom stereocenters. The van der Waals surface area contributed by atoms with Crippen LogP contribution in [0.15, 0.2) is 24.3 Å². The van der Waals surface area contributed by atoms with Gasteiger partial charge in [0.25, 0.3) is 5.79 Å². The van der Waals surface area contributed by atoms with E-state index in [-0.39, 0.29) is 6.42 Å². The first-order valence-electron chi connectivity index (χ1n) is 9.01. The van der Waals surface area contributed by atoms with Gasteiger partial charge in [-0.3, -0.25) is 14.4 Å². The molecule has 0 radical (unpaired) electrons. The zero-order valence-electron chi connectivity index (χ0n) is 16.9. The fourth-order valence-corrected chi connectivity index (χ4v) is 2.81. The topological polar surface area (TPSA) is 108 Å². The number of alkyl carbamates (subject to hydrolysis) is 1. The van der Waals surface area contributed by atoms with Gasteiger partial charge in [-0.1, -0.05) is 23.7 Å². The van der Waals surface area contributed by atoms with Crippen LogP contribution < -0.4 is 5.32 Å². The van der Waals surface area contributed by atoms with Crippen molar-refractivity contribution >= 4 is 35.4 Å². The Hall–Kier alpha value is -2.61. The van der Waals surface area contributed by atoms with E-state index in [4.69, 9.17) is 25.8 Å². The molecule has 1 aliphatic rings. The summed E-state index contributed by atoms with van der Waals surface area (Å²) >= 11 is 5.88. The van der Waals surface area contributed by atoms with Crippen molar-refractivity contribution in [3.05, 3.63) is 34.9 Å². The average Bonchev–Trinajstić information content (AvgIpc) is 2.52. The molecule has 1 saturated heterocycles. The maximum absolute atomic E-state index is 13.0. The second-order valence-corrected chi connectivity index (χ2v) is 8.54. The second-order valence-electron chi connectivity index (χ2n) is 8.11. The van der Waals surface area contributed by atoms with Gasteiger partial charge in [-0.2, -0.15) is 0 Å². The molecular formula is C20H24ClNO7. The fraction of sp³-hybridized carbons (Fsp3) is 0.500. The lowest BCUT2D eigenvalue weighted by molar-refractivity contribution is -0.238. The molecule has 0 aliphatic carbocycles. The van der Waals surface area contributed by atoms with E-state index in [1.807, 2.05) is 0 Å². The Bertz CT molecular complexity index is 791. The van der Waals surface area contributed by atoms with Crippen molar-refractivity contribution in [2.45, 2.75) is 58.5 Å². The number of rotatable bonds is 5. The first-order valence-corrected chi connectivity index (χ1v) is 9.38. The highest BCUT2D eigenvalue weighted by atomic mass is 35.5. The van der Waals surface area contributed by atoms with Gasteiger partial charge in [0.1, 0.15) is 5.60 Å². The van der Waals surface area contributed by atoms with E-state index in [9.17, 15) is 19.2 Å². The van der Waals surface area contributed by atoms with Crippen LogP contribution in [0.2, 0.25) is 5.02 Å². The van der Waals surface area contributed by atoms with E-state index in [1.54, 1.807) is 45.0 Å². The summed E-state index contributed by atoms with van der Waals surface area (Å²) in [5, 5.41) is 2.93. The highest BCUT2D eigenvalue weighted by molar-refractivity contribution is 6.30. The van der Waals surface area contributed by atoms with Gasteiger partial charge in [-0.15, -0.1) is 0 Å². The molecule has 8 nitrogen and oxygen atoms in total. The molecule has 1 aliphatic heterocycles. The van der Waals surface area contributed by atoms with Gasteiger partial charge in [0, 0.05) is 18.9 Å². The number of carbonyl (C=O) groups excluding carboxylic acids is 4. The number of hydrogen-bond donors (Lipinski definition) is 1. The molecule has 1 aromatic carbocycles. The maximum atomic E-state index is 13.0. The standard InChI is InChI=1S/C20H24ClNO7/c1-19(2,3)29-18(26)22-13(10-11-6-8-12(21)9-7-11)15(23)14-16(24)27-20(4,5)28-17(14)25/h6-9,13-14H,10H2,1-5H3,(H,22,26)/t13-/m0/s1. The summed E-state index contributed by atoms with van der Waals surface area (Å²) in [6, 6.07) is 5.35. The van der Waals surface area contributed by atoms with Crippen LogP contribution in [-0.4, -0.2) is 41.2 Å². The van der Waals surface area contributed by atoms with Gasteiger partial charge < -0.3 is 19.5 Å². The summed E-state index contributed by atoms with van der Waals surface area (Å²) in [5.41, 5.74) is -0.147. The summed E-state index contributed by atoms with van der Waals surface area (Å²) in [6.45, 7) is 7.77. The molecule has 1 amide bonds. The first kappa shape index (κ1) is 22.7. The van der Waals surface area contributed by atoms with Crippen LogP contribution >= 0.6 is 11.6 Å². The van der Waals surface area contributed by atoms with E-state index < -0.39 is 47.2 Å². The fourth-order valence-electron chi connectivity index (χ4n) is 2.68. The molecule has 0 spiro atoms. The quantitative estimate of drug-likeness (QED) is 0.570. The molecule has 1 heterocycles. The Morgan fingerprint density at radius 1 is 1.14 bits per heavy atom. The Balaban J connectivity index is 2.26. The van der Waals surface area contributed by atoms with Crippen LogP contribution in [0.5, 0.6) is 0 Å². The highest BCUT2D eigenvalue weighted by Crippen LogP contribution is 2.25. The number of ketones is 1. The van der Waals surface area contributed by atoms with Crippen LogP contribution in [0, 0.1) is 5.92 Å². The number of amides is 1. The van der Waals surface area contributed by atoms with Crippen LogP contribution in [0.25, 0.3) is 0 Å². The van der Waals surface area contributed by atoms with Gasteiger partial charge in [0.05, 0.1) is 6.04 Å². The van der Waals surface area contributed by atoms with E-state index in [0.717, 1.165) is 0 Å². The van der Waals surface area contributed by atoms with Crippen molar-refractivity contribution in [1.29, 1.82) is 0 Å². The number of benzene rings is 1. The van der Waals surface area contributed by atoms with Gasteiger partial charge in [0.2, 0.25) is 5.92 Å². The minimum atomic E-state index is -1.80. The number of nitrogens with one attached hydrogen (secondary N) is 1. The third-order valence-electron chi connectivity index (χ3n) is 3.84. The van der Waals surface area contributed by atoms with Crippen molar-refractivity contribution in [2.75, 3.05) is 0 Å². The number of Topliss-reactive ketones (excluding diaryl/α,β-unsaturated/α-hetero) is 1. The van der Waals surface area contributed by atoms with Crippen LogP contribution in [0.4, 0.5) is 4.79 Å². The van der Waals surface area contributed by atoms with Gasteiger partial charge in [0.15, 0.2) is 5.78 Å². The number of ether oxygens (including phenoxy) is 3. The van der Waals surface area contributed by atoms with E-state index >= 15 is 0 Å². The predicted molar refractivity (Wildman–Crippen MR) is 103 cm³/mol. The highest BCUT2D eigenvalue weighted by Gasteiger charge is 2.49. The Kier molecular flexibility index (Phi) is 6.57. The average molecular weight is 426 g/mol. The normalized spacial score (nSPS) is 17.7. The lowest BCUT2D eigenvalue weighted by Crippen LogP contribution is -2.55. The summed E-state index contributed by atoms with van der Waals surface area (Å²) in [6.07, 6.45) is -0.849. The molecular weight excluding hydrogens is 402 g/mol. The molecule has 29 heavy (non-hydrogen) atoms. The number of halogens is 1. The summed E-state index contributed by atoms with van der Waals surface area (Å²) < 4.78 is 15.2. The number of carbonyl (C=O) groups is 4. The lowest BCUT2D eigenvalue weighted by atomic mass is 9.92. The summed E-state index contributed by atoms with van der Waals surface area (Å²) in [4.78, 5) is 49.8. The van der Waals surface area contributed by atoms with Crippen molar-refractivity contribution in [3.8, 4) is 0 Å². The monoisotopic (exact) mass is 425 g/mol. The summed E-state index contributed by atoms with van der Waals surface area (Å²) in [7, 11) is 0. The molecule has 0 bridgehead atoms. The zero-order valence-corrected chi connectivity index (χ0v) is 17.7. The molecule has 9 heteroatoms. The van der Waals surface area contributed by atoms with Crippen molar-refractivity contribution < 1.29 is 33.4 Å². The van der Waals surface area contributed by atoms with E-state index in [0.29, 0.717) is 10.6 Å². The smallest absolute Gasteiger partial charge is 0.408 e. The van der Waals surface area contributed by atoms with Crippen molar-refractivity contribution in [3.63, 3.8) is 0 Å². The molecule has 2 rings (SSSR count). The maximum Gasteiger partial charge on any atom is 0.408 e. The predicted octanol–water partition coefficient (Wildman–Crippen LogP) is 2.80. The molecule has 1 N–H and O–H groups in total. The third-order valence-corrected chi connectivity index (χ3v) is 4.09. The molecule has 1 fully saturated rings. The van der Waals surface area contributed by atoms with E-state index in [1.165, 1.54) is 13.8 Å². The molecule has 1 aromatic rings. The number of hydrogen-bond acceptors (Lipinski definition) is 7. The van der Waals surface area contributed by atoms with Gasteiger partial charge >= 0.3 is 18.0 Å². The zero-order chi connectivity index (χ0) is 22.0. The first-order chi connectivity index (χ1) is 13.3. The van der Waals surface area contributed by atoms with Crippen molar-refractivity contribution in [2.24, 2.45) is 5.92 Å². The van der Waals surface area contributed by atoms with Crippen LogP contribution in [0.3, 0.4) is 0 Å². The largest absolute Gasteiger partial charge is 0.444 e. The molecule has 0 saturated carbocycles. The Morgan fingerprint density at radius 3 is 2.14 bits per heavy atom. The Morgan fingerprint density at radius 2 is 1.66 bits per heavy atom. The lowest BCUT2D eigenvalue weighted by Gasteiger charge is -2.33. The number of esters is 2. The number of cyclic esters (lactones) is 2. The minimum absolute atomic E-state index is 0.00962. The molecule has 158 valence electrons. The van der Waals surface area contributed by atoms with Crippen LogP contribution in [0.1, 0.15) is 40.2 Å². The molecule has 0 unspecified atom stereocenters. The minimum Gasteiger partial charge on any atom is -0.444 e. The van der Waals surface area contributed by atoms with Gasteiger partial charge in [-0.05, 0) is 44.9 Å². The van der Waals surface area contributed by atoms with E-state index in [2.05, 4.69) is 5.32 Å². The van der Waals surface area contributed by atoms with Crippen molar-refractivity contribution in [1.82, 2.24) is 5.32 Å². The summed E-state index contributed by atoms with van der Waals surface area (Å²) in [5.74, 6) is -6.16. The Labute approximate surface area is 173 Å². The molecule has 0 aromatic heterocycles. The van der Waals surface area contributed by atoms with Gasteiger partial charge in [-0.25, -0.2) is 4.79 Å². The third kappa shape index (κ3) is 6.45. The van der Waals surface area contributed by atoms with Crippen LogP contribution in [-0.2, 0) is 35.0 Å². The second kappa shape index (κ2) is 8.41. The SMILES string of the molecule is CC(C)(C)OC(=O)N[C@@H](Cc1ccc(Cl)cc1)C(=O)C1C(=O)OC(C)(C)OC1=O.